The summed E-state index contributed by atoms with van der Waals surface area (Å²) in [4.78, 5) is 21.9. The van der Waals surface area contributed by atoms with Crippen molar-refractivity contribution in [1.82, 2.24) is 0 Å². The van der Waals surface area contributed by atoms with Gasteiger partial charge in [0.15, 0.2) is 6.10 Å². The summed E-state index contributed by atoms with van der Waals surface area (Å²) in [6.07, 6.45) is -0.874. The monoisotopic (exact) mass is 393 g/mol. The maximum atomic E-state index is 12.5. The summed E-state index contributed by atoms with van der Waals surface area (Å²) in [5, 5.41) is 10.9. The molecule has 0 aliphatic carbocycles. The van der Waals surface area contributed by atoms with E-state index in [-0.39, 0.29) is 13.0 Å². The first-order chi connectivity index (χ1) is 12.8. The van der Waals surface area contributed by atoms with E-state index in [9.17, 15) is 23.3 Å². The van der Waals surface area contributed by atoms with Crippen LogP contribution in [0.1, 0.15) is 18.9 Å². The summed E-state index contributed by atoms with van der Waals surface area (Å²) in [5.41, 5.74) is 0.514. The Bertz CT molecular complexity index is 897. The van der Waals surface area contributed by atoms with Crippen molar-refractivity contribution in [3.8, 4) is 0 Å². The number of benzene rings is 2. The number of esters is 1. The number of carbonyl (C=O) groups is 1. The Morgan fingerprint density at radius 3 is 2.48 bits per heavy atom. The fourth-order valence-corrected chi connectivity index (χ4v) is 3.45. The smallest absolute Gasteiger partial charge is 0.336 e. The number of hydrogen-bond donors (Lipinski definition) is 0. The Balaban J connectivity index is 2.20. The molecule has 0 aliphatic rings. The van der Waals surface area contributed by atoms with Gasteiger partial charge in [-0.05, 0) is 31.4 Å². The van der Waals surface area contributed by atoms with Gasteiger partial charge in [-0.3, -0.25) is 14.3 Å². The molecule has 0 fully saturated rings. The summed E-state index contributed by atoms with van der Waals surface area (Å²) >= 11 is 0. The molecular formula is C18H19NO7S. The van der Waals surface area contributed by atoms with Crippen molar-refractivity contribution in [1.29, 1.82) is 0 Å². The number of nitro groups is 1. The average molecular weight is 393 g/mol. The van der Waals surface area contributed by atoms with Gasteiger partial charge in [-0.2, -0.15) is 8.42 Å². The van der Waals surface area contributed by atoms with E-state index in [0.29, 0.717) is 6.42 Å². The lowest BCUT2D eigenvalue weighted by molar-refractivity contribution is -0.385. The van der Waals surface area contributed by atoms with Gasteiger partial charge in [0, 0.05) is 12.1 Å². The number of rotatable bonds is 9. The van der Waals surface area contributed by atoms with E-state index in [1.807, 2.05) is 30.3 Å². The molecule has 0 saturated carbocycles. The predicted octanol–water partition coefficient (Wildman–Crippen LogP) is 2.86. The Morgan fingerprint density at radius 1 is 1.15 bits per heavy atom. The van der Waals surface area contributed by atoms with Gasteiger partial charge in [0.1, 0.15) is 4.90 Å². The lowest BCUT2D eigenvalue weighted by Crippen LogP contribution is -2.30. The largest absolute Gasteiger partial charge is 0.464 e. The Kier molecular flexibility index (Phi) is 7.03. The molecule has 2 aromatic rings. The van der Waals surface area contributed by atoms with Crippen LogP contribution in [0.2, 0.25) is 0 Å². The molecule has 1 unspecified atom stereocenters. The Hall–Kier alpha value is -2.78. The van der Waals surface area contributed by atoms with E-state index in [4.69, 9.17) is 8.92 Å². The molecule has 9 heteroatoms. The molecule has 0 aromatic heterocycles. The highest BCUT2D eigenvalue weighted by Crippen LogP contribution is 2.22. The van der Waals surface area contributed by atoms with Crippen molar-refractivity contribution >= 4 is 21.8 Å². The van der Waals surface area contributed by atoms with Crippen LogP contribution in [0.4, 0.5) is 5.69 Å². The van der Waals surface area contributed by atoms with Gasteiger partial charge in [-0.15, -0.1) is 0 Å². The second-order valence-corrected chi connectivity index (χ2v) is 7.14. The summed E-state index contributed by atoms with van der Waals surface area (Å²) in [7, 11) is -4.39. The average Bonchev–Trinajstić information content (AvgIpc) is 2.66. The van der Waals surface area contributed by atoms with Gasteiger partial charge in [0.05, 0.1) is 11.5 Å². The Morgan fingerprint density at radius 2 is 1.85 bits per heavy atom. The summed E-state index contributed by atoms with van der Waals surface area (Å²) in [6, 6.07) is 13.6. The van der Waals surface area contributed by atoms with Crippen LogP contribution in [0.5, 0.6) is 0 Å². The van der Waals surface area contributed by atoms with Crippen LogP contribution in [-0.4, -0.2) is 32.0 Å². The van der Waals surface area contributed by atoms with Crippen molar-refractivity contribution in [2.75, 3.05) is 6.61 Å². The van der Waals surface area contributed by atoms with Crippen molar-refractivity contribution in [3.05, 3.63) is 70.3 Å². The van der Waals surface area contributed by atoms with Crippen LogP contribution in [0.25, 0.3) is 0 Å². The molecule has 144 valence electrons. The highest BCUT2D eigenvalue weighted by atomic mass is 32.2. The number of nitrogens with zero attached hydrogens (tertiary/aromatic N) is 1. The number of carbonyl (C=O) groups excluding carboxylic acids is 1. The van der Waals surface area contributed by atoms with Crippen molar-refractivity contribution in [2.24, 2.45) is 0 Å². The Labute approximate surface area is 157 Å². The molecule has 0 aliphatic heterocycles. The van der Waals surface area contributed by atoms with E-state index in [1.54, 1.807) is 6.92 Å². The first-order valence-electron chi connectivity index (χ1n) is 8.22. The zero-order valence-corrected chi connectivity index (χ0v) is 15.4. The first kappa shape index (κ1) is 20.5. The molecule has 8 nitrogen and oxygen atoms in total. The van der Waals surface area contributed by atoms with Crippen LogP contribution in [-0.2, 0) is 30.3 Å². The van der Waals surface area contributed by atoms with Gasteiger partial charge in [0.2, 0.25) is 0 Å². The predicted molar refractivity (Wildman–Crippen MR) is 96.6 cm³/mol. The highest BCUT2D eigenvalue weighted by Gasteiger charge is 2.29. The first-order valence-corrected chi connectivity index (χ1v) is 9.62. The zero-order chi connectivity index (χ0) is 19.9. The normalized spacial score (nSPS) is 12.3. The number of hydrogen-bond acceptors (Lipinski definition) is 7. The third-order valence-corrected chi connectivity index (χ3v) is 4.96. The third-order valence-electron chi connectivity index (χ3n) is 3.65. The molecule has 0 amide bonds. The van der Waals surface area contributed by atoms with Crippen LogP contribution in [0.3, 0.4) is 0 Å². The fraction of sp³-hybridized carbons (Fsp3) is 0.278. The molecule has 2 aromatic carbocycles. The van der Waals surface area contributed by atoms with Crippen molar-refractivity contribution in [3.63, 3.8) is 0 Å². The van der Waals surface area contributed by atoms with Gasteiger partial charge in [0.25, 0.3) is 15.8 Å². The van der Waals surface area contributed by atoms with Gasteiger partial charge in [-0.25, -0.2) is 4.79 Å². The zero-order valence-electron chi connectivity index (χ0n) is 14.6. The number of ether oxygens (including phenoxy) is 1. The minimum atomic E-state index is -4.39. The number of non-ortho nitro benzene ring substituents is 1. The van der Waals surface area contributed by atoms with E-state index in [0.717, 1.165) is 17.7 Å². The SMILES string of the molecule is CCOC(=O)C(CCc1ccccc1)OS(=O)(=O)c1cccc([N+](=O)[O-])c1. The van der Waals surface area contributed by atoms with Gasteiger partial charge >= 0.3 is 5.97 Å². The van der Waals surface area contributed by atoms with Gasteiger partial charge in [-0.1, -0.05) is 36.4 Å². The fourth-order valence-electron chi connectivity index (χ4n) is 2.34. The summed E-state index contributed by atoms with van der Waals surface area (Å²) in [5.74, 6) is -0.803. The molecular weight excluding hydrogens is 374 g/mol. The molecule has 0 N–H and O–H groups in total. The minimum absolute atomic E-state index is 0.0703. The number of aryl methyl sites for hydroxylation is 1. The molecule has 0 heterocycles. The molecule has 0 saturated heterocycles. The van der Waals surface area contributed by atoms with Crippen LogP contribution in [0, 0.1) is 10.1 Å². The lowest BCUT2D eigenvalue weighted by atomic mass is 10.1. The molecule has 0 radical (unpaired) electrons. The van der Waals surface area contributed by atoms with E-state index >= 15 is 0 Å². The standard InChI is InChI=1S/C18H19NO7S/c1-2-25-18(20)17(12-11-14-7-4-3-5-8-14)26-27(23,24)16-10-6-9-15(13-16)19(21)22/h3-10,13,17H,2,11-12H2,1H3. The lowest BCUT2D eigenvalue weighted by Gasteiger charge is -2.16. The highest BCUT2D eigenvalue weighted by molar-refractivity contribution is 7.86. The summed E-state index contributed by atoms with van der Waals surface area (Å²) in [6.45, 7) is 1.67. The van der Waals surface area contributed by atoms with E-state index in [2.05, 4.69) is 0 Å². The molecule has 27 heavy (non-hydrogen) atoms. The second-order valence-electron chi connectivity index (χ2n) is 5.57. The summed E-state index contributed by atoms with van der Waals surface area (Å²) < 4.78 is 34.9. The second kappa shape index (κ2) is 9.24. The molecule has 1 atom stereocenters. The maximum absolute atomic E-state index is 12.5. The number of nitro benzene ring substituents is 1. The van der Waals surface area contributed by atoms with Crippen molar-refractivity contribution < 1.29 is 27.1 Å². The van der Waals surface area contributed by atoms with Crippen LogP contribution in [0.15, 0.2) is 59.5 Å². The van der Waals surface area contributed by atoms with Crippen LogP contribution < -0.4 is 0 Å². The maximum Gasteiger partial charge on any atom is 0.336 e. The van der Waals surface area contributed by atoms with Crippen molar-refractivity contribution in [2.45, 2.75) is 30.8 Å². The van der Waals surface area contributed by atoms with E-state index in [1.165, 1.54) is 12.1 Å². The molecule has 2 rings (SSSR count). The quantitative estimate of drug-likeness (QED) is 0.279. The topological polar surface area (TPSA) is 113 Å². The molecule has 0 spiro atoms. The van der Waals surface area contributed by atoms with Crippen LogP contribution >= 0.6 is 0 Å². The van der Waals surface area contributed by atoms with Gasteiger partial charge < -0.3 is 4.74 Å². The van der Waals surface area contributed by atoms with E-state index < -0.39 is 37.7 Å². The minimum Gasteiger partial charge on any atom is -0.464 e. The molecule has 0 bridgehead atoms. The third kappa shape index (κ3) is 5.87.